The molecule has 1 atom stereocenters. The van der Waals surface area contributed by atoms with Gasteiger partial charge in [0.2, 0.25) is 0 Å². The Morgan fingerprint density at radius 2 is 0.896 bits per heavy atom. The molecule has 2 aromatic heterocycles. The highest BCUT2D eigenvalue weighted by Gasteiger charge is 2.52. The van der Waals surface area contributed by atoms with Gasteiger partial charge < -0.3 is 13.9 Å². The number of fused-ring (bicyclic) bond motifs is 18. The summed E-state index contributed by atoms with van der Waals surface area (Å²) in [4.78, 5) is 2.54. The van der Waals surface area contributed by atoms with Crippen LogP contribution >= 0.6 is 0 Å². The Balaban J connectivity index is 0.952. The third-order valence-corrected chi connectivity index (χ3v) is 17.5. The summed E-state index contributed by atoms with van der Waals surface area (Å²) in [7, 11) is 0. The van der Waals surface area contributed by atoms with Crippen molar-refractivity contribution < 1.29 is 4.42 Å². The molecule has 14 aromatic rings. The largest absolute Gasteiger partial charge is 0.455 e. The van der Waals surface area contributed by atoms with Gasteiger partial charge in [-0.2, -0.15) is 0 Å². The molecule has 0 N–H and O–H groups in total. The lowest BCUT2D eigenvalue weighted by molar-refractivity contribution is 0.670. The lowest BCUT2D eigenvalue weighted by Crippen LogP contribution is -2.33. The fourth-order valence-corrected chi connectivity index (χ4v) is 14.5. The summed E-state index contributed by atoms with van der Waals surface area (Å²) in [5.74, 6) is 0. The Morgan fingerprint density at radius 1 is 0.338 bits per heavy atom. The smallest absolute Gasteiger partial charge is 0.143 e. The summed E-state index contributed by atoms with van der Waals surface area (Å²) in [5.41, 5.74) is 24.9. The molecule has 0 radical (unpaired) electrons. The molecule has 1 aliphatic heterocycles. The number of anilines is 3. The number of aromatic nitrogens is 1. The lowest BCUT2D eigenvalue weighted by Gasteiger charge is -2.40. The van der Waals surface area contributed by atoms with Gasteiger partial charge in [-0.1, -0.05) is 231 Å². The molecule has 2 aliphatic carbocycles. The zero-order chi connectivity index (χ0) is 50.4. The van der Waals surface area contributed by atoms with Crippen molar-refractivity contribution in [1.82, 2.24) is 4.57 Å². The summed E-state index contributed by atoms with van der Waals surface area (Å²) in [6, 6.07) is 104. The van der Waals surface area contributed by atoms with Gasteiger partial charge in [0.25, 0.3) is 0 Å². The molecule has 0 fully saturated rings. The van der Waals surface area contributed by atoms with Crippen LogP contribution in [0.2, 0.25) is 0 Å². The van der Waals surface area contributed by atoms with Crippen molar-refractivity contribution in [3.8, 4) is 39.1 Å². The zero-order valence-electron chi connectivity index (χ0n) is 41.9. The van der Waals surface area contributed by atoms with E-state index in [-0.39, 0.29) is 0 Å². The van der Waals surface area contributed by atoms with Crippen molar-refractivity contribution in [3.63, 3.8) is 0 Å². The highest BCUT2D eigenvalue weighted by Crippen LogP contribution is 2.63. The van der Waals surface area contributed by atoms with E-state index in [2.05, 4.69) is 282 Å². The van der Waals surface area contributed by atoms with Crippen LogP contribution in [0.25, 0.3) is 82.8 Å². The molecule has 0 bridgehead atoms. The Morgan fingerprint density at radius 3 is 1.70 bits per heavy atom. The van der Waals surface area contributed by atoms with Crippen molar-refractivity contribution in [2.24, 2.45) is 0 Å². The van der Waals surface area contributed by atoms with E-state index in [0.29, 0.717) is 0 Å². The second kappa shape index (κ2) is 15.8. The molecule has 12 aromatic carbocycles. The summed E-state index contributed by atoms with van der Waals surface area (Å²) in [5, 5.41) is 4.79. The molecule has 3 nitrogen and oxygen atoms in total. The minimum absolute atomic E-state index is 0.572. The first-order valence-electron chi connectivity index (χ1n) is 26.7. The van der Waals surface area contributed by atoms with E-state index in [1.54, 1.807) is 0 Å². The normalized spacial score (nSPS) is 15.2. The predicted octanol–water partition coefficient (Wildman–Crippen LogP) is 18.9. The van der Waals surface area contributed by atoms with Crippen molar-refractivity contribution in [3.05, 3.63) is 324 Å². The standard InChI is InChI=1S/C74H46N2O/c1-3-20-48(21-4-1)73(49-22-5-2-6-23-49)61-32-12-8-27-59(61)70-63(73)34-19-38-68(70)75(50-42-40-47(41-43-50)52-28-17-30-58-56-26-10-16-39-69(56)77-72(52)58)51-44-45-54-53-24-7-11-31-60(53)74(65(54)46-51)62-33-13-15-37-67(62)76-66-36-14-9-25-55(66)57-29-18-35-64(74)71(57)76/h1-46H. The van der Waals surface area contributed by atoms with Crippen LogP contribution in [-0.2, 0) is 10.8 Å². The summed E-state index contributed by atoms with van der Waals surface area (Å²) >= 11 is 0. The minimum atomic E-state index is -0.621. The van der Waals surface area contributed by atoms with Crippen LogP contribution in [0.1, 0.15) is 44.5 Å². The quantitative estimate of drug-likeness (QED) is 0.166. The van der Waals surface area contributed by atoms with Crippen LogP contribution in [0.5, 0.6) is 0 Å². The van der Waals surface area contributed by atoms with E-state index in [1.807, 2.05) is 6.07 Å². The molecular weight excluding hydrogens is 933 g/mol. The molecule has 17 rings (SSSR count). The number of hydrogen-bond acceptors (Lipinski definition) is 2. The van der Waals surface area contributed by atoms with Crippen LogP contribution in [0, 0.1) is 0 Å². The van der Waals surface area contributed by atoms with E-state index in [1.165, 1.54) is 94.3 Å². The van der Waals surface area contributed by atoms with Gasteiger partial charge >= 0.3 is 0 Å². The van der Waals surface area contributed by atoms with Crippen LogP contribution < -0.4 is 4.90 Å². The van der Waals surface area contributed by atoms with Crippen molar-refractivity contribution in [1.29, 1.82) is 0 Å². The molecule has 0 saturated carbocycles. The van der Waals surface area contributed by atoms with E-state index < -0.39 is 10.8 Å². The number of nitrogens with zero attached hydrogens (tertiary/aromatic N) is 2. The summed E-state index contributed by atoms with van der Waals surface area (Å²) in [6.07, 6.45) is 0. The van der Waals surface area contributed by atoms with Gasteiger partial charge in [0.15, 0.2) is 0 Å². The van der Waals surface area contributed by atoms with Gasteiger partial charge in [-0.15, -0.1) is 0 Å². The maximum absolute atomic E-state index is 6.63. The summed E-state index contributed by atoms with van der Waals surface area (Å²) in [6.45, 7) is 0. The molecule has 3 heterocycles. The SMILES string of the molecule is c1ccc(C2(c3ccccc3)c3ccccc3-c3c(N(c4ccc(-c5cccc6c5oc5ccccc56)cc4)c4ccc5c(c4)C4(c6ccccc6-5)c5ccccc5-n5c6ccccc6c6cccc4c65)cccc32)cc1. The van der Waals surface area contributed by atoms with Crippen LogP contribution in [0.3, 0.4) is 0 Å². The maximum atomic E-state index is 6.63. The highest BCUT2D eigenvalue weighted by atomic mass is 16.3. The summed E-state index contributed by atoms with van der Waals surface area (Å²) < 4.78 is 9.16. The van der Waals surface area contributed by atoms with Gasteiger partial charge in [-0.05, 0) is 115 Å². The third kappa shape index (κ3) is 5.49. The average Bonchev–Trinajstić information content (AvgIpc) is 4.39. The molecule has 0 amide bonds. The third-order valence-electron chi connectivity index (χ3n) is 17.5. The molecule has 3 aliphatic rings. The van der Waals surface area contributed by atoms with Crippen LogP contribution in [0.4, 0.5) is 17.1 Å². The molecule has 358 valence electrons. The van der Waals surface area contributed by atoms with Crippen molar-refractivity contribution in [2.45, 2.75) is 10.8 Å². The van der Waals surface area contributed by atoms with Gasteiger partial charge in [-0.25, -0.2) is 0 Å². The highest BCUT2D eigenvalue weighted by molar-refractivity contribution is 6.13. The van der Waals surface area contributed by atoms with E-state index in [0.717, 1.165) is 50.1 Å². The lowest BCUT2D eigenvalue weighted by atomic mass is 9.65. The number of rotatable bonds is 6. The van der Waals surface area contributed by atoms with E-state index in [9.17, 15) is 0 Å². The van der Waals surface area contributed by atoms with Crippen LogP contribution in [-0.4, -0.2) is 4.57 Å². The Hall–Kier alpha value is -9.96. The monoisotopic (exact) mass is 978 g/mol. The molecule has 77 heavy (non-hydrogen) atoms. The molecular formula is C74H46N2O. The van der Waals surface area contributed by atoms with E-state index >= 15 is 0 Å². The number of hydrogen-bond donors (Lipinski definition) is 0. The second-order valence-corrected chi connectivity index (χ2v) is 21.0. The Bertz CT molecular complexity index is 4710. The minimum Gasteiger partial charge on any atom is -0.455 e. The first kappa shape index (κ1) is 42.4. The number of benzene rings is 12. The molecule has 3 heteroatoms. The molecule has 1 spiro atoms. The van der Waals surface area contributed by atoms with Gasteiger partial charge in [0.05, 0.1) is 33.2 Å². The van der Waals surface area contributed by atoms with Crippen LogP contribution in [0.15, 0.2) is 283 Å². The van der Waals surface area contributed by atoms with Gasteiger partial charge in [0, 0.05) is 44.0 Å². The molecule has 1 unspecified atom stereocenters. The second-order valence-electron chi connectivity index (χ2n) is 21.0. The van der Waals surface area contributed by atoms with Crippen molar-refractivity contribution >= 4 is 60.8 Å². The fourth-order valence-electron chi connectivity index (χ4n) is 14.5. The van der Waals surface area contributed by atoms with Crippen molar-refractivity contribution in [2.75, 3.05) is 4.90 Å². The van der Waals surface area contributed by atoms with Gasteiger partial charge in [-0.3, -0.25) is 0 Å². The average molecular weight is 979 g/mol. The first-order valence-corrected chi connectivity index (χ1v) is 26.7. The number of para-hydroxylation sites is 5. The number of furan rings is 1. The Kier molecular flexibility index (Phi) is 8.69. The van der Waals surface area contributed by atoms with E-state index in [4.69, 9.17) is 4.42 Å². The first-order chi connectivity index (χ1) is 38.2. The van der Waals surface area contributed by atoms with Gasteiger partial charge in [0.1, 0.15) is 11.2 Å². The predicted molar refractivity (Wildman–Crippen MR) is 316 cm³/mol. The Labute approximate surface area is 445 Å². The topological polar surface area (TPSA) is 21.3 Å². The maximum Gasteiger partial charge on any atom is 0.143 e. The zero-order valence-corrected chi connectivity index (χ0v) is 41.9. The molecule has 0 saturated heterocycles. The fraction of sp³-hybridized carbons (Fsp3) is 0.0270.